The second kappa shape index (κ2) is 7.92. The van der Waals surface area contributed by atoms with Crippen molar-refractivity contribution in [1.82, 2.24) is 0 Å². The topological polar surface area (TPSA) is 52.6 Å². The summed E-state index contributed by atoms with van der Waals surface area (Å²) in [4.78, 5) is 22.9. The van der Waals surface area contributed by atoms with Crippen LogP contribution in [0.5, 0.6) is 11.5 Å². The van der Waals surface area contributed by atoms with Crippen molar-refractivity contribution in [2.75, 3.05) is 0 Å². The highest BCUT2D eigenvalue weighted by Gasteiger charge is 2.08. The Morgan fingerprint density at radius 2 is 1.17 bits per heavy atom. The van der Waals surface area contributed by atoms with E-state index in [9.17, 15) is 9.59 Å². The molecule has 0 aliphatic carbocycles. The van der Waals surface area contributed by atoms with Crippen LogP contribution in [-0.2, 0) is 9.59 Å². The van der Waals surface area contributed by atoms with E-state index in [-0.39, 0.29) is 0 Å². The molecule has 0 amide bonds. The van der Waals surface area contributed by atoms with Crippen molar-refractivity contribution in [3.63, 3.8) is 0 Å². The lowest BCUT2D eigenvalue weighted by molar-refractivity contribution is -0.130. The third kappa shape index (κ3) is 4.79. The molecule has 0 N–H and O–H groups in total. The lowest BCUT2D eigenvalue weighted by atomic mass is 10.1. The summed E-state index contributed by atoms with van der Waals surface area (Å²) >= 11 is 1.82. The van der Waals surface area contributed by atoms with Crippen molar-refractivity contribution < 1.29 is 19.1 Å². The Kier molecular flexibility index (Phi) is 5.92. The summed E-state index contributed by atoms with van der Waals surface area (Å²) in [6.45, 7) is 8.66. The van der Waals surface area contributed by atoms with Gasteiger partial charge in [-0.2, -0.15) is 0 Å². The summed E-state index contributed by atoms with van der Waals surface area (Å²) in [6, 6.07) is 14.2. The molecule has 4 nitrogen and oxygen atoms in total. The zero-order valence-corrected chi connectivity index (χ0v) is 15.2. The van der Waals surface area contributed by atoms with Crippen LogP contribution in [0.2, 0.25) is 0 Å². The highest BCUT2D eigenvalue weighted by Crippen LogP contribution is 2.25. The maximum Gasteiger partial charge on any atom is 0.349 e. The van der Waals surface area contributed by atoms with Gasteiger partial charge in [-0.25, -0.2) is 9.59 Å². The zero-order chi connectivity index (χ0) is 17.7. The number of esters is 2. The molecule has 24 heavy (non-hydrogen) atoms. The van der Waals surface area contributed by atoms with Gasteiger partial charge >= 0.3 is 11.9 Å². The van der Waals surface area contributed by atoms with Crippen molar-refractivity contribution in [3.05, 3.63) is 70.8 Å². The summed E-state index contributed by atoms with van der Waals surface area (Å²) in [5.41, 5.74) is 2.24. The number of ether oxygens (including phenoxy) is 2. The number of halogens is 1. The molecule has 0 aliphatic rings. The molecule has 5 heteroatoms. The quantitative estimate of drug-likeness (QED) is 0.297. The molecule has 0 saturated carbocycles. The average molecular weight is 434 g/mol. The Balaban J connectivity index is 2.09. The number of carbonyl (C=O) groups excluding carboxylic acids is 2. The van der Waals surface area contributed by atoms with Gasteiger partial charge in [0.15, 0.2) is 0 Å². The van der Waals surface area contributed by atoms with E-state index in [2.05, 4.69) is 13.2 Å². The van der Waals surface area contributed by atoms with Crippen LogP contribution >= 0.6 is 22.6 Å². The standard InChI is InChI=1S/C19H15IO4/c1-12(2)18(21)23-16-8-4-14(5-9-16)15-6-10-17(11-7-15)24-19(22)13(3)20/h4-11H,1,3H2,2H3. The highest BCUT2D eigenvalue weighted by atomic mass is 127. The molecule has 0 radical (unpaired) electrons. The van der Waals surface area contributed by atoms with Crippen LogP contribution < -0.4 is 9.47 Å². The predicted octanol–water partition coefficient (Wildman–Crippen LogP) is 4.69. The summed E-state index contributed by atoms with van der Waals surface area (Å²) in [5.74, 6) is -0.00997. The maximum absolute atomic E-state index is 11.5. The van der Waals surface area contributed by atoms with Crippen LogP contribution in [0.3, 0.4) is 0 Å². The fourth-order valence-corrected chi connectivity index (χ4v) is 1.90. The number of benzene rings is 2. The molecule has 0 aliphatic heterocycles. The van der Waals surface area contributed by atoms with Crippen molar-refractivity contribution in [2.45, 2.75) is 6.92 Å². The second-order valence-electron chi connectivity index (χ2n) is 5.01. The summed E-state index contributed by atoms with van der Waals surface area (Å²) < 4.78 is 10.6. The van der Waals surface area contributed by atoms with E-state index in [1.54, 1.807) is 31.2 Å². The van der Waals surface area contributed by atoms with Crippen molar-refractivity contribution in [2.24, 2.45) is 0 Å². The Morgan fingerprint density at radius 1 is 0.792 bits per heavy atom. The van der Waals surface area contributed by atoms with Gasteiger partial charge in [-0.3, -0.25) is 0 Å². The van der Waals surface area contributed by atoms with E-state index in [1.807, 2.05) is 46.9 Å². The van der Waals surface area contributed by atoms with E-state index in [0.29, 0.717) is 20.7 Å². The number of carbonyl (C=O) groups is 2. The van der Waals surface area contributed by atoms with Gasteiger partial charge in [0.05, 0.1) is 3.58 Å². The summed E-state index contributed by atoms with van der Waals surface area (Å²) in [5, 5.41) is 0. The van der Waals surface area contributed by atoms with Gasteiger partial charge in [-0.1, -0.05) is 37.4 Å². The van der Waals surface area contributed by atoms with E-state index < -0.39 is 11.9 Å². The van der Waals surface area contributed by atoms with Gasteiger partial charge < -0.3 is 9.47 Å². The van der Waals surface area contributed by atoms with Gasteiger partial charge in [0.1, 0.15) is 11.5 Å². The smallest absolute Gasteiger partial charge is 0.349 e. The van der Waals surface area contributed by atoms with Gasteiger partial charge in [-0.15, -0.1) is 0 Å². The molecule has 0 spiro atoms. The molecule has 0 atom stereocenters. The molecule has 2 aromatic rings. The summed E-state index contributed by atoms with van der Waals surface area (Å²) in [6.07, 6.45) is 0. The van der Waals surface area contributed by atoms with Crippen LogP contribution in [0.1, 0.15) is 6.92 Å². The zero-order valence-electron chi connectivity index (χ0n) is 13.0. The molecule has 2 rings (SSSR count). The average Bonchev–Trinajstić information content (AvgIpc) is 2.56. The molecule has 0 aromatic heterocycles. The van der Waals surface area contributed by atoms with Crippen LogP contribution in [0, 0.1) is 0 Å². The molecule has 122 valence electrons. The SMILES string of the molecule is C=C(C)C(=O)Oc1ccc(-c2ccc(OC(=O)C(=C)I)cc2)cc1. The normalized spacial score (nSPS) is 9.92. The van der Waals surface area contributed by atoms with Gasteiger partial charge in [0.25, 0.3) is 0 Å². The van der Waals surface area contributed by atoms with Gasteiger partial charge in [-0.05, 0) is 64.9 Å². The monoisotopic (exact) mass is 434 g/mol. The molecular weight excluding hydrogens is 419 g/mol. The molecule has 0 bridgehead atoms. The van der Waals surface area contributed by atoms with Crippen molar-refractivity contribution in [1.29, 1.82) is 0 Å². The third-order valence-electron chi connectivity index (χ3n) is 3.03. The first-order valence-corrected chi connectivity index (χ1v) is 8.09. The number of hydrogen-bond donors (Lipinski definition) is 0. The van der Waals surface area contributed by atoms with E-state index in [4.69, 9.17) is 9.47 Å². The van der Waals surface area contributed by atoms with Crippen LogP contribution in [0.25, 0.3) is 11.1 Å². The minimum Gasteiger partial charge on any atom is -0.423 e. The van der Waals surface area contributed by atoms with E-state index in [0.717, 1.165) is 11.1 Å². The van der Waals surface area contributed by atoms with Crippen LogP contribution in [0.4, 0.5) is 0 Å². The van der Waals surface area contributed by atoms with E-state index >= 15 is 0 Å². The lowest BCUT2D eigenvalue weighted by Crippen LogP contribution is -2.07. The Morgan fingerprint density at radius 3 is 1.50 bits per heavy atom. The van der Waals surface area contributed by atoms with Crippen LogP contribution in [0.15, 0.2) is 70.8 Å². The minimum atomic E-state index is -0.466. The molecule has 0 saturated heterocycles. The number of hydrogen-bond acceptors (Lipinski definition) is 4. The Hall–Kier alpha value is -2.41. The van der Waals surface area contributed by atoms with Gasteiger partial charge in [0, 0.05) is 5.57 Å². The predicted molar refractivity (Wildman–Crippen MR) is 101 cm³/mol. The molecule has 2 aromatic carbocycles. The van der Waals surface area contributed by atoms with Gasteiger partial charge in [0.2, 0.25) is 0 Å². The van der Waals surface area contributed by atoms with Crippen molar-refractivity contribution >= 4 is 34.5 Å². The lowest BCUT2D eigenvalue weighted by Gasteiger charge is -2.07. The van der Waals surface area contributed by atoms with E-state index in [1.165, 1.54) is 0 Å². The minimum absolute atomic E-state index is 0.316. The Bertz CT molecular complexity index is 720. The molecule has 0 unspecified atom stereocenters. The largest absolute Gasteiger partial charge is 0.423 e. The maximum atomic E-state index is 11.5. The third-order valence-corrected chi connectivity index (χ3v) is 3.47. The molecule has 0 fully saturated rings. The fourth-order valence-electron chi connectivity index (χ4n) is 1.79. The molecule has 0 heterocycles. The van der Waals surface area contributed by atoms with Crippen molar-refractivity contribution in [3.8, 4) is 22.6 Å². The second-order valence-corrected chi connectivity index (χ2v) is 6.32. The fraction of sp³-hybridized carbons (Fsp3) is 0.0526. The first-order chi connectivity index (χ1) is 11.4. The first-order valence-electron chi connectivity index (χ1n) is 7.01. The molecular formula is C19H15IO4. The van der Waals surface area contributed by atoms with Crippen LogP contribution in [-0.4, -0.2) is 11.9 Å². The summed E-state index contributed by atoms with van der Waals surface area (Å²) in [7, 11) is 0. The Labute approximate surface area is 153 Å². The number of rotatable bonds is 5. The first kappa shape index (κ1) is 17.9. The highest BCUT2D eigenvalue weighted by molar-refractivity contribution is 14.1.